The number of hydrogen-bond acceptors (Lipinski definition) is 3. The van der Waals surface area contributed by atoms with Crippen molar-refractivity contribution in [2.45, 2.75) is 20.4 Å². The normalized spacial score (nSPS) is 11.7. The molecule has 0 atom stereocenters. The minimum Gasteiger partial charge on any atom is -0.342 e. The van der Waals surface area contributed by atoms with Gasteiger partial charge in [0.1, 0.15) is 5.82 Å². The van der Waals surface area contributed by atoms with Gasteiger partial charge in [-0.3, -0.25) is 4.79 Å². The van der Waals surface area contributed by atoms with Gasteiger partial charge in [-0.15, -0.1) is 0 Å². The number of aromatic nitrogens is 3. The third-order valence-electron chi connectivity index (χ3n) is 5.54. The van der Waals surface area contributed by atoms with Gasteiger partial charge >= 0.3 is 0 Å². The van der Waals surface area contributed by atoms with Gasteiger partial charge in [0, 0.05) is 33.7 Å². The van der Waals surface area contributed by atoms with E-state index >= 15 is 0 Å². The molecule has 0 aliphatic rings. The lowest BCUT2D eigenvalue weighted by molar-refractivity contribution is 0.770. The summed E-state index contributed by atoms with van der Waals surface area (Å²) in [6.45, 7) is 4.66. The molecule has 0 bridgehead atoms. The molecule has 3 aromatic carbocycles. The minimum atomic E-state index is -0.187. The van der Waals surface area contributed by atoms with Gasteiger partial charge in [-0.05, 0) is 43.7 Å². The van der Waals surface area contributed by atoms with E-state index in [0.717, 1.165) is 27.5 Å². The van der Waals surface area contributed by atoms with E-state index in [2.05, 4.69) is 80.1 Å². The average Bonchev–Trinajstić information content (AvgIpc) is 3.12. The predicted octanol–water partition coefficient (Wildman–Crippen LogP) is 5.66. The number of para-hydroxylation sites is 1. The van der Waals surface area contributed by atoms with Crippen molar-refractivity contribution >= 4 is 44.0 Å². The summed E-state index contributed by atoms with van der Waals surface area (Å²) >= 11 is 3.43. The first kappa shape index (κ1) is 20.4. The van der Waals surface area contributed by atoms with Gasteiger partial charge in [0.25, 0.3) is 5.56 Å². The lowest BCUT2D eigenvalue weighted by Crippen LogP contribution is -2.20. The summed E-state index contributed by atoms with van der Waals surface area (Å²) in [5.74, 6) is 0.546. The number of fused-ring (bicyclic) bond motifs is 2. The summed E-state index contributed by atoms with van der Waals surface area (Å²) in [7, 11) is 0. The van der Waals surface area contributed by atoms with Crippen molar-refractivity contribution in [2.24, 2.45) is 5.10 Å². The maximum atomic E-state index is 13.0. The Balaban J connectivity index is 1.58. The Morgan fingerprint density at radius 2 is 1.84 bits per heavy atom. The molecule has 0 amide bonds. The summed E-state index contributed by atoms with van der Waals surface area (Å²) in [5.41, 5.74) is 5.04. The zero-order chi connectivity index (χ0) is 22.2. The second kappa shape index (κ2) is 8.20. The number of benzene rings is 3. The lowest BCUT2D eigenvalue weighted by Gasteiger charge is -2.06. The van der Waals surface area contributed by atoms with E-state index in [1.807, 2.05) is 24.3 Å². The van der Waals surface area contributed by atoms with Crippen LogP contribution in [0.4, 0.5) is 0 Å². The molecule has 6 heteroatoms. The SMILES string of the molecule is Cc1cccc(Cn2cc(C=Nn3c(C)nc4ccc(Br)cc4c3=O)c3ccccc32)c1. The molecule has 5 aromatic rings. The number of halogens is 1. The summed E-state index contributed by atoms with van der Waals surface area (Å²) in [5, 5.41) is 6.15. The zero-order valence-electron chi connectivity index (χ0n) is 17.8. The summed E-state index contributed by atoms with van der Waals surface area (Å²) < 4.78 is 4.42. The van der Waals surface area contributed by atoms with E-state index in [1.54, 1.807) is 19.2 Å². The summed E-state index contributed by atoms with van der Waals surface area (Å²) in [4.78, 5) is 17.6. The topological polar surface area (TPSA) is 52.2 Å². The van der Waals surface area contributed by atoms with E-state index in [0.29, 0.717) is 16.7 Å². The Morgan fingerprint density at radius 3 is 2.69 bits per heavy atom. The third-order valence-corrected chi connectivity index (χ3v) is 6.03. The molecule has 5 rings (SSSR count). The van der Waals surface area contributed by atoms with E-state index in [-0.39, 0.29) is 5.56 Å². The molecule has 0 spiro atoms. The van der Waals surface area contributed by atoms with E-state index in [9.17, 15) is 4.79 Å². The quantitative estimate of drug-likeness (QED) is 0.309. The molecule has 5 nitrogen and oxygen atoms in total. The van der Waals surface area contributed by atoms with Crippen molar-refractivity contribution in [1.29, 1.82) is 0 Å². The second-order valence-electron chi connectivity index (χ2n) is 7.90. The minimum absolute atomic E-state index is 0.187. The fraction of sp³-hybridized carbons (Fsp3) is 0.115. The van der Waals surface area contributed by atoms with Crippen LogP contribution in [0.2, 0.25) is 0 Å². The van der Waals surface area contributed by atoms with Crippen LogP contribution in [0.15, 0.2) is 87.3 Å². The molecule has 0 fully saturated rings. The second-order valence-corrected chi connectivity index (χ2v) is 8.82. The summed E-state index contributed by atoms with van der Waals surface area (Å²) in [6.07, 6.45) is 3.83. The highest BCUT2D eigenvalue weighted by Crippen LogP contribution is 2.22. The smallest absolute Gasteiger partial charge is 0.282 e. The van der Waals surface area contributed by atoms with Crippen molar-refractivity contribution in [3.05, 3.63) is 110 Å². The van der Waals surface area contributed by atoms with E-state index in [4.69, 9.17) is 0 Å². The molecular weight excluding hydrogens is 464 g/mol. The molecule has 32 heavy (non-hydrogen) atoms. The molecule has 158 valence electrons. The van der Waals surface area contributed by atoms with Crippen LogP contribution in [0.25, 0.3) is 21.8 Å². The molecule has 0 unspecified atom stereocenters. The fourth-order valence-corrected chi connectivity index (χ4v) is 4.39. The van der Waals surface area contributed by atoms with Gasteiger partial charge in [-0.2, -0.15) is 9.78 Å². The predicted molar refractivity (Wildman–Crippen MR) is 134 cm³/mol. The molecule has 0 aliphatic carbocycles. The highest BCUT2D eigenvalue weighted by Gasteiger charge is 2.10. The maximum Gasteiger partial charge on any atom is 0.282 e. The van der Waals surface area contributed by atoms with Gasteiger partial charge in [0.15, 0.2) is 0 Å². The van der Waals surface area contributed by atoms with Gasteiger partial charge < -0.3 is 4.57 Å². The van der Waals surface area contributed by atoms with Crippen molar-refractivity contribution < 1.29 is 0 Å². The Hall–Kier alpha value is -3.51. The van der Waals surface area contributed by atoms with Crippen molar-refractivity contribution in [3.8, 4) is 0 Å². The van der Waals surface area contributed by atoms with Crippen LogP contribution in [0, 0.1) is 13.8 Å². The number of aryl methyl sites for hydroxylation is 2. The first-order valence-corrected chi connectivity index (χ1v) is 11.2. The molecule has 2 heterocycles. The van der Waals surface area contributed by atoms with Crippen LogP contribution in [-0.4, -0.2) is 20.4 Å². The largest absolute Gasteiger partial charge is 0.342 e. The molecular formula is C26H21BrN4O. The molecule has 0 saturated carbocycles. The zero-order valence-corrected chi connectivity index (χ0v) is 19.4. The standard InChI is InChI=1S/C26H21BrN4O/c1-17-6-5-7-19(12-17)15-30-16-20(22-8-3-4-9-25(22)30)14-28-31-18(2)29-24-11-10-21(27)13-23(24)26(31)32/h3-14,16H,15H2,1-2H3. The molecule has 0 radical (unpaired) electrons. The van der Waals surface area contributed by atoms with Crippen molar-refractivity contribution in [2.75, 3.05) is 0 Å². The van der Waals surface area contributed by atoms with Gasteiger partial charge in [0.2, 0.25) is 0 Å². The third kappa shape index (κ3) is 3.78. The van der Waals surface area contributed by atoms with Crippen LogP contribution in [0.3, 0.4) is 0 Å². The highest BCUT2D eigenvalue weighted by atomic mass is 79.9. The van der Waals surface area contributed by atoms with Crippen LogP contribution >= 0.6 is 15.9 Å². The number of rotatable bonds is 4. The lowest BCUT2D eigenvalue weighted by atomic mass is 10.1. The van der Waals surface area contributed by atoms with Crippen molar-refractivity contribution in [1.82, 2.24) is 14.2 Å². The Kier molecular flexibility index (Phi) is 5.23. The highest BCUT2D eigenvalue weighted by molar-refractivity contribution is 9.10. The maximum absolute atomic E-state index is 13.0. The molecule has 0 aliphatic heterocycles. The summed E-state index contributed by atoms with van der Waals surface area (Å²) in [6, 6.07) is 22.3. The molecule has 2 aromatic heterocycles. The van der Waals surface area contributed by atoms with Crippen molar-refractivity contribution in [3.63, 3.8) is 0 Å². The number of nitrogens with zero attached hydrogens (tertiary/aromatic N) is 4. The first-order chi connectivity index (χ1) is 15.5. The first-order valence-electron chi connectivity index (χ1n) is 10.4. The average molecular weight is 485 g/mol. The monoisotopic (exact) mass is 484 g/mol. The Morgan fingerprint density at radius 1 is 1.00 bits per heavy atom. The van der Waals surface area contributed by atoms with E-state index in [1.165, 1.54) is 15.8 Å². The van der Waals surface area contributed by atoms with Crippen LogP contribution in [0.5, 0.6) is 0 Å². The van der Waals surface area contributed by atoms with Gasteiger partial charge in [0.05, 0.1) is 17.1 Å². The number of hydrogen-bond donors (Lipinski definition) is 0. The van der Waals surface area contributed by atoms with Crippen LogP contribution < -0.4 is 5.56 Å². The van der Waals surface area contributed by atoms with Crippen LogP contribution in [0.1, 0.15) is 22.5 Å². The molecule has 0 saturated heterocycles. The fourth-order valence-electron chi connectivity index (χ4n) is 4.03. The Labute approximate surface area is 193 Å². The Bertz CT molecular complexity index is 1560. The van der Waals surface area contributed by atoms with E-state index < -0.39 is 0 Å². The van der Waals surface area contributed by atoms with Gasteiger partial charge in [-0.1, -0.05) is 64.0 Å². The molecule has 0 N–H and O–H groups in total. The van der Waals surface area contributed by atoms with Crippen LogP contribution in [-0.2, 0) is 6.54 Å². The van der Waals surface area contributed by atoms with Gasteiger partial charge in [-0.25, -0.2) is 4.98 Å².